The van der Waals surface area contributed by atoms with E-state index in [-0.39, 0.29) is 0 Å². The minimum Gasteiger partial charge on any atom is -0.353 e. The van der Waals surface area contributed by atoms with Gasteiger partial charge in [0.2, 0.25) is 5.96 Å². The zero-order valence-electron chi connectivity index (χ0n) is 13.9. The lowest BCUT2D eigenvalue weighted by Gasteiger charge is -2.36. The van der Waals surface area contributed by atoms with Gasteiger partial charge in [0, 0.05) is 18.7 Å². The molecule has 0 aliphatic carbocycles. The lowest BCUT2D eigenvalue weighted by Crippen LogP contribution is -2.46. The maximum Gasteiger partial charge on any atom is 0.209 e. The molecule has 1 heterocycles. The third kappa shape index (κ3) is 4.32. The van der Waals surface area contributed by atoms with Crippen LogP contribution in [0.2, 0.25) is 10.0 Å². The van der Waals surface area contributed by atoms with E-state index in [9.17, 15) is 0 Å². The second-order valence-corrected chi connectivity index (χ2v) is 7.48. The van der Waals surface area contributed by atoms with Crippen LogP contribution in [0.3, 0.4) is 0 Å². The molecule has 1 N–H and O–H groups in total. The van der Waals surface area contributed by atoms with Crippen molar-refractivity contribution >= 4 is 51.0 Å². The number of halogens is 3. The number of aliphatic imine (C=N–C) groups is 1. The Labute approximate surface area is 157 Å². The lowest BCUT2D eigenvalue weighted by atomic mass is 10.1. The summed E-state index contributed by atoms with van der Waals surface area (Å²) in [5.74, 6) is 0.738. The minimum absolute atomic E-state index is 0.594. The summed E-state index contributed by atoms with van der Waals surface area (Å²) in [6, 6.07) is 3.99. The average molecular weight is 423 g/mol. The van der Waals surface area contributed by atoms with Gasteiger partial charge in [-0.05, 0) is 32.9 Å². The fourth-order valence-electron chi connectivity index (χ4n) is 2.87. The summed E-state index contributed by atoms with van der Waals surface area (Å²) in [4.78, 5) is 4.55. The molecule has 0 atom stereocenters. The highest BCUT2D eigenvalue weighted by Gasteiger charge is 2.23. The van der Waals surface area contributed by atoms with Gasteiger partial charge in [0.05, 0.1) is 45.8 Å². The van der Waals surface area contributed by atoms with Crippen molar-refractivity contribution in [2.24, 2.45) is 4.99 Å². The summed E-state index contributed by atoms with van der Waals surface area (Å²) in [6.07, 6.45) is 0. The molecule has 1 aromatic rings. The Morgan fingerprint density at radius 3 is 2.17 bits per heavy atom. The van der Waals surface area contributed by atoms with Gasteiger partial charge in [0.25, 0.3) is 0 Å². The summed E-state index contributed by atoms with van der Waals surface area (Å²) in [7, 11) is 0. The predicted molar refractivity (Wildman–Crippen MR) is 103 cm³/mol. The molecule has 4 nitrogen and oxygen atoms in total. The highest BCUT2D eigenvalue weighted by Crippen LogP contribution is 2.36. The molecular weight excluding hydrogens is 399 g/mol. The first kappa shape index (κ1) is 18.8. The van der Waals surface area contributed by atoms with Crippen LogP contribution in [-0.4, -0.2) is 47.1 Å². The van der Waals surface area contributed by atoms with E-state index in [4.69, 9.17) is 23.2 Å². The van der Waals surface area contributed by atoms with Crippen molar-refractivity contribution in [1.82, 2.24) is 9.24 Å². The summed E-state index contributed by atoms with van der Waals surface area (Å²) >= 11 is 16.4. The summed E-state index contributed by atoms with van der Waals surface area (Å²) < 4.78 is 2.90. The first-order chi connectivity index (χ1) is 10.9. The standard InChI is InChI=1S/C16H24BrCl2N4/c1-4-23(5-2,6-3)11-12-9-13(18)15(14(19)10-12)21-16-20-7-8-22(16)17/h9-10H,4-8,11H2,1-3H3,(H,20,21)/q+1. The Morgan fingerprint density at radius 2 is 1.74 bits per heavy atom. The number of benzene rings is 1. The number of guanidine groups is 1. The first-order valence-corrected chi connectivity index (χ1v) is 9.50. The Morgan fingerprint density at radius 1 is 1.17 bits per heavy atom. The Bertz CT molecular complexity index is 556. The number of hydrogen-bond acceptors (Lipinski definition) is 1. The van der Waals surface area contributed by atoms with Gasteiger partial charge in [-0.25, -0.2) is 4.99 Å². The fraction of sp³-hybridized carbons (Fsp3) is 0.562. The van der Waals surface area contributed by atoms with E-state index in [1.807, 2.05) is 16.1 Å². The Balaban J connectivity index is 2.30. The van der Waals surface area contributed by atoms with Crippen molar-refractivity contribution in [2.45, 2.75) is 27.3 Å². The molecule has 0 bridgehead atoms. The van der Waals surface area contributed by atoms with Gasteiger partial charge in [-0.1, -0.05) is 23.2 Å². The molecule has 128 valence electrons. The molecule has 0 unspecified atom stereocenters. The zero-order chi connectivity index (χ0) is 17.0. The van der Waals surface area contributed by atoms with Crippen molar-refractivity contribution in [2.75, 3.05) is 32.7 Å². The van der Waals surface area contributed by atoms with Crippen LogP contribution in [0.5, 0.6) is 0 Å². The van der Waals surface area contributed by atoms with Gasteiger partial charge < -0.3 is 9.80 Å². The van der Waals surface area contributed by atoms with E-state index in [2.05, 4.69) is 47.2 Å². The minimum atomic E-state index is 0.594. The average Bonchev–Trinajstić information content (AvgIpc) is 2.94. The third-order valence-corrected chi connectivity index (χ3v) is 5.91. The lowest BCUT2D eigenvalue weighted by molar-refractivity contribution is -0.936. The van der Waals surface area contributed by atoms with Crippen molar-refractivity contribution in [3.05, 3.63) is 27.7 Å². The van der Waals surface area contributed by atoms with E-state index in [0.717, 1.165) is 55.3 Å². The molecule has 0 amide bonds. The highest BCUT2D eigenvalue weighted by atomic mass is 79.9. The molecule has 23 heavy (non-hydrogen) atoms. The molecule has 1 aromatic carbocycles. The van der Waals surface area contributed by atoms with Gasteiger partial charge in [0.1, 0.15) is 12.2 Å². The van der Waals surface area contributed by atoms with Crippen molar-refractivity contribution in [3.8, 4) is 0 Å². The summed E-state index contributed by atoms with van der Waals surface area (Å²) in [5.41, 5.74) is 1.78. The van der Waals surface area contributed by atoms with Crippen molar-refractivity contribution < 1.29 is 4.48 Å². The van der Waals surface area contributed by atoms with E-state index in [1.165, 1.54) is 0 Å². The van der Waals surface area contributed by atoms with Crippen LogP contribution in [0, 0.1) is 0 Å². The van der Waals surface area contributed by atoms with Gasteiger partial charge in [-0.2, -0.15) is 0 Å². The topological polar surface area (TPSA) is 27.6 Å². The molecule has 7 heteroatoms. The second kappa shape index (κ2) is 8.06. The Kier molecular flexibility index (Phi) is 6.60. The van der Waals surface area contributed by atoms with Crippen LogP contribution in [-0.2, 0) is 6.54 Å². The number of hydrogen-bond donors (Lipinski definition) is 1. The number of rotatable bonds is 6. The maximum atomic E-state index is 6.46. The van der Waals surface area contributed by atoms with E-state index in [1.54, 1.807) is 0 Å². The van der Waals surface area contributed by atoms with Crippen LogP contribution in [0.15, 0.2) is 17.1 Å². The van der Waals surface area contributed by atoms with Crippen LogP contribution >= 0.6 is 39.3 Å². The smallest absolute Gasteiger partial charge is 0.209 e. The Hall–Kier alpha value is -0.490. The largest absolute Gasteiger partial charge is 0.353 e. The molecule has 1 aliphatic rings. The molecule has 1 aliphatic heterocycles. The van der Waals surface area contributed by atoms with Crippen LogP contribution in [0.1, 0.15) is 26.3 Å². The molecule has 0 aromatic heterocycles. The van der Waals surface area contributed by atoms with Crippen LogP contribution < -0.4 is 5.32 Å². The molecule has 2 rings (SSSR count). The van der Waals surface area contributed by atoms with Gasteiger partial charge >= 0.3 is 0 Å². The highest BCUT2D eigenvalue weighted by molar-refractivity contribution is 9.07. The van der Waals surface area contributed by atoms with Crippen LogP contribution in [0.4, 0.5) is 5.69 Å². The quantitative estimate of drug-likeness (QED) is 0.536. The van der Waals surface area contributed by atoms with Crippen molar-refractivity contribution in [3.63, 3.8) is 0 Å². The molecule has 0 radical (unpaired) electrons. The monoisotopic (exact) mass is 421 g/mol. The predicted octanol–water partition coefficient (Wildman–Crippen LogP) is 4.57. The van der Waals surface area contributed by atoms with Gasteiger partial charge in [0.15, 0.2) is 0 Å². The molecule has 1 saturated heterocycles. The summed E-state index contributed by atoms with van der Waals surface area (Å²) in [6.45, 7) is 12.6. The molecule has 0 saturated carbocycles. The summed E-state index contributed by atoms with van der Waals surface area (Å²) in [5, 5.41) is 4.39. The van der Waals surface area contributed by atoms with E-state index in [0.29, 0.717) is 15.7 Å². The first-order valence-electron chi connectivity index (χ1n) is 8.03. The molecular formula is C16H24BrCl2N4+. The molecule has 1 fully saturated rings. The van der Waals surface area contributed by atoms with Crippen LogP contribution in [0.25, 0.3) is 0 Å². The number of nitrogens with zero attached hydrogens (tertiary/aromatic N) is 3. The van der Waals surface area contributed by atoms with Gasteiger partial charge in [-0.3, -0.25) is 3.93 Å². The third-order valence-electron chi connectivity index (χ3n) is 4.65. The SMILES string of the molecule is CC[N+](CC)(CC)Cc1cc(Cl)c(N=C2NCCN2Br)c(Cl)c1. The normalized spacial score (nSPS) is 17.0. The molecule has 0 spiro atoms. The number of nitrogens with one attached hydrogen (secondary N) is 1. The van der Waals surface area contributed by atoms with E-state index < -0.39 is 0 Å². The second-order valence-electron chi connectivity index (χ2n) is 5.80. The van der Waals surface area contributed by atoms with Crippen molar-refractivity contribution in [1.29, 1.82) is 0 Å². The fourth-order valence-corrected chi connectivity index (χ4v) is 3.87. The zero-order valence-corrected chi connectivity index (χ0v) is 17.0. The number of quaternary nitrogens is 1. The maximum absolute atomic E-state index is 6.46. The van der Waals surface area contributed by atoms with Gasteiger partial charge in [-0.15, -0.1) is 0 Å². The van der Waals surface area contributed by atoms with E-state index >= 15 is 0 Å².